The summed E-state index contributed by atoms with van der Waals surface area (Å²) in [6.45, 7) is 0.610. The minimum absolute atomic E-state index is 0.0576. The fourth-order valence-corrected chi connectivity index (χ4v) is 2.43. The average molecular weight is 372 g/mol. The second kappa shape index (κ2) is 8.46. The summed E-state index contributed by atoms with van der Waals surface area (Å²) >= 11 is 6.00. The number of phenols is 1. The van der Waals surface area contributed by atoms with Gasteiger partial charge in [0.15, 0.2) is 0 Å². The van der Waals surface area contributed by atoms with Crippen molar-refractivity contribution in [1.29, 1.82) is 0 Å². The van der Waals surface area contributed by atoms with E-state index in [-0.39, 0.29) is 12.4 Å². The van der Waals surface area contributed by atoms with Crippen LogP contribution in [0.4, 0.5) is 17.5 Å². The molecule has 0 bridgehead atoms. The largest absolute Gasteiger partial charge is 0.506 e. The molecule has 0 fully saturated rings. The van der Waals surface area contributed by atoms with Gasteiger partial charge >= 0.3 is 0 Å². The number of pyridine rings is 1. The Hall–Kier alpha value is -2.90. The summed E-state index contributed by atoms with van der Waals surface area (Å²) in [6.07, 6.45) is 2.27. The summed E-state index contributed by atoms with van der Waals surface area (Å²) in [5, 5.41) is 25.6. The van der Waals surface area contributed by atoms with E-state index >= 15 is 0 Å². The van der Waals surface area contributed by atoms with Gasteiger partial charge in [0.25, 0.3) is 0 Å². The molecule has 0 aliphatic carbocycles. The highest BCUT2D eigenvalue weighted by atomic mass is 35.5. The van der Waals surface area contributed by atoms with Gasteiger partial charge in [-0.3, -0.25) is 4.98 Å². The van der Waals surface area contributed by atoms with Crippen LogP contribution in [-0.4, -0.2) is 38.3 Å². The number of halogens is 1. The third kappa shape index (κ3) is 4.59. The molecule has 3 aromatic rings. The summed E-state index contributed by atoms with van der Waals surface area (Å²) in [4.78, 5) is 13.2. The maximum atomic E-state index is 10.0. The molecule has 0 unspecified atom stereocenters. The molecule has 1 aromatic carbocycles. The number of nitrogens with zero attached hydrogens (tertiary/aromatic N) is 3. The second-order valence-electron chi connectivity index (χ2n) is 5.47. The maximum absolute atomic E-state index is 10.0. The van der Waals surface area contributed by atoms with E-state index in [4.69, 9.17) is 16.7 Å². The van der Waals surface area contributed by atoms with E-state index < -0.39 is 0 Å². The Labute approximate surface area is 155 Å². The van der Waals surface area contributed by atoms with Crippen molar-refractivity contribution in [3.05, 3.63) is 53.7 Å². The number of aromatic hydroxyl groups is 1. The Kier molecular flexibility index (Phi) is 5.83. The van der Waals surface area contributed by atoms with Gasteiger partial charge in [-0.1, -0.05) is 17.7 Å². The highest BCUT2D eigenvalue weighted by Gasteiger charge is 2.10. The van der Waals surface area contributed by atoms with Gasteiger partial charge in [-0.05, 0) is 36.8 Å². The Balaban J connectivity index is 1.95. The van der Waals surface area contributed by atoms with Gasteiger partial charge in [0.2, 0.25) is 5.95 Å². The zero-order valence-corrected chi connectivity index (χ0v) is 14.6. The lowest BCUT2D eigenvalue weighted by Gasteiger charge is -2.12. The third-order valence-corrected chi connectivity index (χ3v) is 3.73. The van der Waals surface area contributed by atoms with Crippen LogP contribution in [0.15, 0.2) is 48.7 Å². The molecule has 0 aliphatic rings. The molecule has 2 heterocycles. The number of aromatic nitrogens is 3. The second-order valence-corrected chi connectivity index (χ2v) is 5.90. The first-order valence-electron chi connectivity index (χ1n) is 8.06. The molecule has 0 saturated carbocycles. The van der Waals surface area contributed by atoms with Crippen molar-refractivity contribution in [3.8, 4) is 17.1 Å². The minimum atomic E-state index is 0.0576. The Morgan fingerprint density at radius 3 is 2.69 bits per heavy atom. The molecule has 0 radical (unpaired) electrons. The molecule has 4 N–H and O–H groups in total. The van der Waals surface area contributed by atoms with Crippen molar-refractivity contribution >= 4 is 29.1 Å². The molecule has 8 heteroatoms. The first-order chi connectivity index (χ1) is 12.7. The Morgan fingerprint density at radius 1 is 1.04 bits per heavy atom. The number of rotatable bonds is 7. The molecule has 0 amide bonds. The van der Waals surface area contributed by atoms with E-state index in [0.29, 0.717) is 46.8 Å². The first-order valence-corrected chi connectivity index (χ1v) is 8.44. The predicted octanol–water partition coefficient (Wildman–Crippen LogP) is 3.44. The van der Waals surface area contributed by atoms with Crippen LogP contribution in [0.5, 0.6) is 5.75 Å². The number of hydrogen-bond acceptors (Lipinski definition) is 7. The number of phenolic OH excluding ortho intramolecular Hbond substituents is 1. The van der Waals surface area contributed by atoms with Crippen LogP contribution >= 0.6 is 11.6 Å². The molecule has 2 aromatic heterocycles. The van der Waals surface area contributed by atoms with Crippen LogP contribution < -0.4 is 10.6 Å². The lowest BCUT2D eigenvalue weighted by atomic mass is 10.2. The summed E-state index contributed by atoms with van der Waals surface area (Å²) in [5.41, 5.74) is 1.75. The summed E-state index contributed by atoms with van der Waals surface area (Å²) in [7, 11) is 0. The van der Waals surface area contributed by atoms with Crippen LogP contribution in [0.2, 0.25) is 5.02 Å². The first kappa shape index (κ1) is 17.9. The van der Waals surface area contributed by atoms with Crippen LogP contribution in [0.25, 0.3) is 11.4 Å². The lowest BCUT2D eigenvalue weighted by Crippen LogP contribution is -2.09. The SMILES string of the molecule is OCCCNc1nc(Nc2cc(Cl)ccc2O)cc(-c2ccccn2)n1. The molecule has 0 atom stereocenters. The fourth-order valence-electron chi connectivity index (χ4n) is 2.26. The van der Waals surface area contributed by atoms with E-state index in [1.54, 1.807) is 24.4 Å². The van der Waals surface area contributed by atoms with Gasteiger partial charge in [-0.25, -0.2) is 4.98 Å². The van der Waals surface area contributed by atoms with Gasteiger partial charge in [-0.2, -0.15) is 4.98 Å². The summed E-state index contributed by atoms with van der Waals surface area (Å²) in [6, 6.07) is 12.0. The van der Waals surface area contributed by atoms with Gasteiger partial charge in [0.1, 0.15) is 11.6 Å². The van der Waals surface area contributed by atoms with Crippen molar-refractivity contribution in [2.75, 3.05) is 23.8 Å². The van der Waals surface area contributed by atoms with E-state index in [1.165, 1.54) is 6.07 Å². The smallest absolute Gasteiger partial charge is 0.225 e. The third-order valence-electron chi connectivity index (χ3n) is 3.49. The number of aliphatic hydroxyl groups is 1. The molecule has 0 spiro atoms. The number of aliphatic hydroxyl groups excluding tert-OH is 1. The fraction of sp³-hybridized carbons (Fsp3) is 0.167. The molecule has 3 rings (SSSR count). The molecule has 26 heavy (non-hydrogen) atoms. The van der Waals surface area contributed by atoms with E-state index in [1.807, 2.05) is 18.2 Å². The standard InChI is InChI=1S/C18H18ClN5O2/c19-12-5-6-16(26)15(10-12)22-17-11-14(13-4-1-2-7-20-13)23-18(24-17)21-8-3-9-25/h1-2,4-7,10-11,25-26H,3,8-9H2,(H2,21,22,23,24). The van der Waals surface area contributed by atoms with Crippen molar-refractivity contribution in [2.45, 2.75) is 6.42 Å². The molecule has 134 valence electrons. The van der Waals surface area contributed by atoms with Crippen LogP contribution in [0.1, 0.15) is 6.42 Å². The van der Waals surface area contributed by atoms with Crippen LogP contribution in [0.3, 0.4) is 0 Å². The number of nitrogens with one attached hydrogen (secondary N) is 2. The van der Waals surface area contributed by atoms with Gasteiger partial charge in [0.05, 0.1) is 17.1 Å². The van der Waals surface area contributed by atoms with E-state index in [0.717, 1.165) is 0 Å². The van der Waals surface area contributed by atoms with Crippen molar-refractivity contribution in [1.82, 2.24) is 15.0 Å². The Morgan fingerprint density at radius 2 is 1.92 bits per heavy atom. The van der Waals surface area contributed by atoms with Crippen LogP contribution in [-0.2, 0) is 0 Å². The zero-order valence-electron chi connectivity index (χ0n) is 13.9. The monoisotopic (exact) mass is 371 g/mol. The number of anilines is 3. The van der Waals surface area contributed by atoms with Crippen LogP contribution in [0, 0.1) is 0 Å². The highest BCUT2D eigenvalue weighted by Crippen LogP contribution is 2.30. The average Bonchev–Trinajstić information content (AvgIpc) is 2.65. The highest BCUT2D eigenvalue weighted by molar-refractivity contribution is 6.30. The quantitative estimate of drug-likeness (QED) is 0.372. The molecular formula is C18H18ClN5O2. The molecule has 0 saturated heterocycles. The topological polar surface area (TPSA) is 103 Å². The maximum Gasteiger partial charge on any atom is 0.225 e. The number of hydrogen-bond donors (Lipinski definition) is 4. The summed E-state index contributed by atoms with van der Waals surface area (Å²) < 4.78 is 0. The zero-order chi connectivity index (χ0) is 18.4. The minimum Gasteiger partial charge on any atom is -0.506 e. The lowest BCUT2D eigenvalue weighted by molar-refractivity contribution is 0.292. The predicted molar refractivity (Wildman–Crippen MR) is 102 cm³/mol. The number of benzene rings is 1. The van der Waals surface area contributed by atoms with Crippen molar-refractivity contribution < 1.29 is 10.2 Å². The molecule has 7 nitrogen and oxygen atoms in total. The van der Waals surface area contributed by atoms with E-state index in [9.17, 15) is 5.11 Å². The normalized spacial score (nSPS) is 10.5. The Bertz CT molecular complexity index is 877. The van der Waals surface area contributed by atoms with Gasteiger partial charge in [-0.15, -0.1) is 0 Å². The van der Waals surface area contributed by atoms with Gasteiger partial charge < -0.3 is 20.8 Å². The van der Waals surface area contributed by atoms with Gasteiger partial charge in [0, 0.05) is 30.4 Å². The molecular weight excluding hydrogens is 354 g/mol. The summed E-state index contributed by atoms with van der Waals surface area (Å²) in [5.74, 6) is 0.928. The van der Waals surface area contributed by atoms with E-state index in [2.05, 4.69) is 25.6 Å². The molecule has 0 aliphatic heterocycles. The van der Waals surface area contributed by atoms with Crippen molar-refractivity contribution in [2.24, 2.45) is 0 Å². The van der Waals surface area contributed by atoms with Crippen molar-refractivity contribution in [3.63, 3.8) is 0 Å².